The molecule has 22 heavy (non-hydrogen) atoms. The van der Waals surface area contributed by atoms with E-state index in [1.165, 1.54) is 24.3 Å². The molecule has 0 saturated carbocycles. The lowest BCUT2D eigenvalue weighted by Crippen LogP contribution is -2.16. The third-order valence-electron chi connectivity index (χ3n) is 2.41. The molecule has 0 aliphatic heterocycles. The summed E-state index contributed by atoms with van der Waals surface area (Å²) in [5.74, 6) is -0.815. The SMILES string of the molecule is FC(F)(F)c1cc(C(F)(F)F)nc(Nc2ccc(Cl)cc2)n1. The van der Waals surface area contributed by atoms with E-state index in [-0.39, 0.29) is 11.8 Å². The number of halogens is 7. The van der Waals surface area contributed by atoms with Gasteiger partial charge in [-0.05, 0) is 30.3 Å². The second-order valence-electron chi connectivity index (χ2n) is 4.09. The highest BCUT2D eigenvalue weighted by atomic mass is 35.5. The van der Waals surface area contributed by atoms with E-state index in [2.05, 4.69) is 15.3 Å². The molecule has 1 N–H and O–H groups in total. The molecule has 0 aliphatic rings. The Morgan fingerprint density at radius 3 is 1.68 bits per heavy atom. The number of aromatic nitrogens is 2. The highest BCUT2D eigenvalue weighted by molar-refractivity contribution is 6.30. The molecule has 0 bridgehead atoms. The smallest absolute Gasteiger partial charge is 0.324 e. The predicted octanol–water partition coefficient (Wildman–Crippen LogP) is 4.91. The van der Waals surface area contributed by atoms with Gasteiger partial charge in [0, 0.05) is 10.7 Å². The van der Waals surface area contributed by atoms with E-state index < -0.39 is 29.7 Å². The fraction of sp³-hybridized carbons (Fsp3) is 0.167. The molecule has 118 valence electrons. The summed E-state index contributed by atoms with van der Waals surface area (Å²) in [7, 11) is 0. The molecule has 0 atom stereocenters. The Balaban J connectivity index is 2.44. The lowest BCUT2D eigenvalue weighted by Gasteiger charge is -2.13. The van der Waals surface area contributed by atoms with Crippen LogP contribution in [0.2, 0.25) is 5.02 Å². The number of hydrogen-bond acceptors (Lipinski definition) is 3. The standard InChI is InChI=1S/C12H6ClF6N3/c13-6-1-3-7(4-2-6)20-10-21-8(11(14,15)16)5-9(22-10)12(17,18)19/h1-5H,(H,20,21,22). The minimum atomic E-state index is -5.03. The summed E-state index contributed by atoms with van der Waals surface area (Å²) in [5, 5.41) is 2.63. The normalized spacial score (nSPS) is 12.3. The van der Waals surface area contributed by atoms with Gasteiger partial charge in [-0.2, -0.15) is 26.3 Å². The van der Waals surface area contributed by atoms with Gasteiger partial charge in [-0.1, -0.05) is 11.6 Å². The Labute approximate surface area is 125 Å². The topological polar surface area (TPSA) is 37.8 Å². The minimum absolute atomic E-state index is 0.146. The lowest BCUT2D eigenvalue weighted by atomic mass is 10.3. The summed E-state index contributed by atoms with van der Waals surface area (Å²) < 4.78 is 75.7. The summed E-state index contributed by atoms with van der Waals surface area (Å²) in [6.45, 7) is 0. The van der Waals surface area contributed by atoms with Crippen LogP contribution in [-0.4, -0.2) is 9.97 Å². The molecule has 3 nitrogen and oxygen atoms in total. The van der Waals surface area contributed by atoms with Crippen molar-refractivity contribution in [2.24, 2.45) is 0 Å². The molecule has 2 rings (SSSR count). The fourth-order valence-electron chi connectivity index (χ4n) is 1.46. The number of alkyl halides is 6. The Bertz CT molecular complexity index is 634. The van der Waals surface area contributed by atoms with Crippen molar-refractivity contribution in [2.75, 3.05) is 5.32 Å². The van der Waals surface area contributed by atoms with Crippen LogP contribution in [0.15, 0.2) is 30.3 Å². The minimum Gasteiger partial charge on any atom is -0.324 e. The van der Waals surface area contributed by atoms with E-state index >= 15 is 0 Å². The van der Waals surface area contributed by atoms with E-state index in [1.54, 1.807) is 0 Å². The first kappa shape index (κ1) is 16.3. The van der Waals surface area contributed by atoms with Crippen LogP contribution in [0.3, 0.4) is 0 Å². The highest BCUT2D eigenvalue weighted by Gasteiger charge is 2.39. The van der Waals surface area contributed by atoms with Crippen molar-refractivity contribution in [2.45, 2.75) is 12.4 Å². The van der Waals surface area contributed by atoms with Crippen molar-refractivity contribution in [3.05, 3.63) is 46.7 Å². The zero-order valence-corrected chi connectivity index (χ0v) is 11.2. The van der Waals surface area contributed by atoms with Crippen molar-refractivity contribution in [1.82, 2.24) is 9.97 Å². The average Bonchev–Trinajstić information content (AvgIpc) is 2.39. The van der Waals surface area contributed by atoms with Gasteiger partial charge in [0.2, 0.25) is 5.95 Å². The third-order valence-corrected chi connectivity index (χ3v) is 2.66. The Hall–Kier alpha value is -2.03. The van der Waals surface area contributed by atoms with Gasteiger partial charge in [0.25, 0.3) is 0 Å². The van der Waals surface area contributed by atoms with E-state index in [0.717, 1.165) is 0 Å². The van der Waals surface area contributed by atoms with Crippen molar-refractivity contribution in [3.63, 3.8) is 0 Å². The van der Waals surface area contributed by atoms with Gasteiger partial charge >= 0.3 is 12.4 Å². The van der Waals surface area contributed by atoms with Gasteiger partial charge < -0.3 is 5.32 Å². The molecule has 0 amide bonds. The molecular formula is C12H6ClF6N3. The molecule has 1 heterocycles. The number of benzene rings is 1. The molecular weight excluding hydrogens is 336 g/mol. The zero-order chi connectivity index (χ0) is 16.5. The van der Waals surface area contributed by atoms with E-state index in [1.807, 2.05) is 0 Å². The third kappa shape index (κ3) is 4.00. The van der Waals surface area contributed by atoms with Crippen LogP contribution in [0.4, 0.5) is 38.0 Å². The number of nitrogens with zero attached hydrogens (tertiary/aromatic N) is 2. The van der Waals surface area contributed by atoms with E-state index in [9.17, 15) is 26.3 Å². The molecule has 10 heteroatoms. The first-order valence-electron chi connectivity index (χ1n) is 5.62. The summed E-state index contributed by atoms with van der Waals surface area (Å²) in [5.41, 5.74) is -3.19. The van der Waals surface area contributed by atoms with Crippen molar-refractivity contribution in [1.29, 1.82) is 0 Å². The maximum absolute atomic E-state index is 12.6. The Morgan fingerprint density at radius 1 is 0.818 bits per heavy atom. The molecule has 0 saturated heterocycles. The Kier molecular flexibility index (Phi) is 4.19. The van der Waals surface area contributed by atoms with Crippen LogP contribution in [0.5, 0.6) is 0 Å². The molecule has 2 aromatic rings. The predicted molar refractivity (Wildman–Crippen MR) is 66.8 cm³/mol. The van der Waals surface area contributed by atoms with Gasteiger partial charge in [-0.3, -0.25) is 0 Å². The van der Waals surface area contributed by atoms with Crippen LogP contribution in [-0.2, 0) is 12.4 Å². The number of rotatable bonds is 2. The summed E-state index contributed by atoms with van der Waals surface area (Å²) >= 11 is 5.63. The summed E-state index contributed by atoms with van der Waals surface area (Å²) in [4.78, 5) is 6.11. The van der Waals surface area contributed by atoms with Crippen molar-refractivity contribution in [3.8, 4) is 0 Å². The van der Waals surface area contributed by atoms with Gasteiger partial charge in [0.05, 0.1) is 0 Å². The number of anilines is 2. The summed E-state index contributed by atoms with van der Waals surface area (Å²) in [6, 6.07) is 5.38. The largest absolute Gasteiger partial charge is 0.433 e. The second kappa shape index (κ2) is 5.64. The fourth-order valence-corrected chi connectivity index (χ4v) is 1.58. The van der Waals surface area contributed by atoms with E-state index in [4.69, 9.17) is 11.6 Å². The van der Waals surface area contributed by atoms with Crippen molar-refractivity contribution >= 4 is 23.2 Å². The summed E-state index contributed by atoms with van der Waals surface area (Å²) in [6.07, 6.45) is -10.1. The van der Waals surface area contributed by atoms with Gasteiger partial charge in [-0.15, -0.1) is 0 Å². The van der Waals surface area contributed by atoms with Crippen LogP contribution in [0.1, 0.15) is 11.4 Å². The lowest BCUT2D eigenvalue weighted by molar-refractivity contribution is -0.147. The number of hydrogen-bond donors (Lipinski definition) is 1. The quantitative estimate of drug-likeness (QED) is 0.789. The van der Waals surface area contributed by atoms with Gasteiger partial charge in [0.1, 0.15) is 0 Å². The van der Waals surface area contributed by atoms with E-state index in [0.29, 0.717) is 5.02 Å². The van der Waals surface area contributed by atoms with Gasteiger partial charge in [-0.25, -0.2) is 9.97 Å². The second-order valence-corrected chi connectivity index (χ2v) is 4.53. The van der Waals surface area contributed by atoms with Gasteiger partial charge in [0.15, 0.2) is 11.4 Å². The van der Waals surface area contributed by atoms with Crippen molar-refractivity contribution < 1.29 is 26.3 Å². The monoisotopic (exact) mass is 341 g/mol. The molecule has 0 spiro atoms. The van der Waals surface area contributed by atoms with Crippen LogP contribution in [0.25, 0.3) is 0 Å². The molecule has 0 unspecified atom stereocenters. The molecule has 0 radical (unpaired) electrons. The first-order chi connectivity index (χ1) is 10.1. The number of nitrogens with one attached hydrogen (secondary N) is 1. The average molecular weight is 342 g/mol. The molecule has 0 aliphatic carbocycles. The maximum Gasteiger partial charge on any atom is 0.433 e. The highest BCUT2D eigenvalue weighted by Crippen LogP contribution is 2.34. The Morgan fingerprint density at radius 2 is 1.27 bits per heavy atom. The molecule has 1 aromatic heterocycles. The maximum atomic E-state index is 12.6. The first-order valence-corrected chi connectivity index (χ1v) is 5.99. The van der Waals surface area contributed by atoms with Crippen LogP contribution in [0, 0.1) is 0 Å². The zero-order valence-electron chi connectivity index (χ0n) is 10.4. The molecule has 1 aromatic carbocycles. The van der Waals surface area contributed by atoms with Crippen LogP contribution >= 0.6 is 11.6 Å². The molecule has 0 fully saturated rings. The van der Waals surface area contributed by atoms with Crippen LogP contribution < -0.4 is 5.32 Å².